The zero-order valence-corrected chi connectivity index (χ0v) is 11.2. The van der Waals surface area contributed by atoms with Gasteiger partial charge in [-0.15, -0.1) is 0 Å². The third-order valence-electron chi connectivity index (χ3n) is 3.97. The van der Waals surface area contributed by atoms with Crippen molar-refractivity contribution >= 4 is 5.91 Å². The van der Waals surface area contributed by atoms with Gasteiger partial charge in [-0.1, -0.05) is 49.4 Å². The topological polar surface area (TPSA) is 29.5 Å². The lowest BCUT2D eigenvalue weighted by atomic mass is 9.79. The fraction of sp³-hybridized carbons (Fsp3) is 0.438. The van der Waals surface area contributed by atoms with Crippen molar-refractivity contribution in [2.24, 2.45) is 17.8 Å². The summed E-state index contributed by atoms with van der Waals surface area (Å²) in [6.45, 7) is 3.37. The van der Waals surface area contributed by atoms with Crippen molar-refractivity contribution in [2.45, 2.75) is 19.9 Å². The Morgan fingerprint density at radius 3 is 2.84 bits per heavy atom. The van der Waals surface area contributed by atoms with Gasteiger partial charge in [-0.25, -0.2) is 5.06 Å². The fourth-order valence-corrected chi connectivity index (χ4v) is 2.91. The number of fused-ring (bicyclic) bond motifs is 1. The molecule has 1 aliphatic heterocycles. The molecule has 0 saturated carbocycles. The average molecular weight is 257 g/mol. The van der Waals surface area contributed by atoms with E-state index in [1.54, 1.807) is 0 Å². The maximum atomic E-state index is 12.4. The first-order chi connectivity index (χ1) is 9.24. The van der Waals surface area contributed by atoms with Gasteiger partial charge in [-0.05, 0) is 17.9 Å². The molecular formula is C16H19NO2. The molecule has 3 heteroatoms. The molecule has 2 aliphatic rings. The van der Waals surface area contributed by atoms with Crippen LogP contribution in [0.2, 0.25) is 0 Å². The molecule has 1 aromatic carbocycles. The molecule has 1 aromatic rings. The highest BCUT2D eigenvalue weighted by molar-refractivity contribution is 5.80. The normalized spacial score (nSPS) is 30.3. The average Bonchev–Trinajstić information content (AvgIpc) is 2.43. The van der Waals surface area contributed by atoms with Crippen molar-refractivity contribution in [1.29, 1.82) is 0 Å². The summed E-state index contributed by atoms with van der Waals surface area (Å²) >= 11 is 0. The molecule has 1 saturated heterocycles. The summed E-state index contributed by atoms with van der Waals surface area (Å²) in [6.07, 6.45) is 5.28. The maximum absolute atomic E-state index is 12.4. The van der Waals surface area contributed by atoms with Gasteiger partial charge in [0, 0.05) is 5.92 Å². The first-order valence-electron chi connectivity index (χ1n) is 6.90. The van der Waals surface area contributed by atoms with Crippen molar-refractivity contribution < 1.29 is 9.63 Å². The zero-order valence-electron chi connectivity index (χ0n) is 11.2. The lowest BCUT2D eigenvalue weighted by Gasteiger charge is -2.38. The van der Waals surface area contributed by atoms with E-state index in [9.17, 15) is 4.79 Å². The Bertz CT molecular complexity index is 483. The SMILES string of the molecule is C[C@@H]1C=C[C@@H]2C(=O)N(Cc3ccccc3)OC[C@H]2C1. The number of amides is 1. The minimum atomic E-state index is 0.00802. The molecule has 3 rings (SSSR count). The second kappa shape index (κ2) is 5.17. The number of carbonyl (C=O) groups excluding carboxylic acids is 1. The number of hydrogen-bond acceptors (Lipinski definition) is 2. The molecule has 1 fully saturated rings. The molecule has 0 bridgehead atoms. The number of nitrogens with zero attached hydrogens (tertiary/aromatic N) is 1. The molecule has 0 radical (unpaired) electrons. The standard InChI is InChI=1S/C16H19NO2/c1-12-7-8-15-14(9-12)11-19-17(16(15)18)10-13-5-3-2-4-6-13/h2-8,12,14-15H,9-11H2,1H3/t12-,14-,15+/m1/s1. The van der Waals surface area contributed by atoms with E-state index < -0.39 is 0 Å². The van der Waals surface area contributed by atoms with Crippen LogP contribution in [-0.2, 0) is 16.2 Å². The Morgan fingerprint density at radius 2 is 2.05 bits per heavy atom. The van der Waals surface area contributed by atoms with Gasteiger partial charge in [0.2, 0.25) is 0 Å². The first-order valence-corrected chi connectivity index (χ1v) is 6.90. The minimum absolute atomic E-state index is 0.00802. The van der Waals surface area contributed by atoms with Crippen molar-refractivity contribution in [2.75, 3.05) is 6.61 Å². The molecule has 0 unspecified atom stereocenters. The van der Waals surface area contributed by atoms with E-state index in [1.807, 2.05) is 30.3 Å². The summed E-state index contributed by atoms with van der Waals surface area (Å²) in [5.41, 5.74) is 1.10. The highest BCUT2D eigenvalue weighted by Crippen LogP contribution is 2.33. The second-order valence-electron chi connectivity index (χ2n) is 5.54. The van der Waals surface area contributed by atoms with Crippen molar-refractivity contribution in [1.82, 2.24) is 5.06 Å². The first kappa shape index (κ1) is 12.4. The number of hydroxylamine groups is 2. The summed E-state index contributed by atoms with van der Waals surface area (Å²) < 4.78 is 0. The van der Waals surface area contributed by atoms with Crippen LogP contribution in [0.1, 0.15) is 18.9 Å². The predicted molar refractivity (Wildman–Crippen MR) is 72.8 cm³/mol. The largest absolute Gasteiger partial charge is 0.272 e. The molecular weight excluding hydrogens is 238 g/mol. The number of carbonyl (C=O) groups is 1. The predicted octanol–water partition coefficient (Wildman–Crippen LogP) is 2.79. The Hall–Kier alpha value is -1.61. The molecule has 1 aliphatic carbocycles. The highest BCUT2D eigenvalue weighted by Gasteiger charge is 2.38. The summed E-state index contributed by atoms with van der Waals surface area (Å²) in [5, 5.41) is 1.52. The van der Waals surface area contributed by atoms with E-state index in [1.165, 1.54) is 5.06 Å². The number of allylic oxidation sites excluding steroid dienone is 1. The molecule has 19 heavy (non-hydrogen) atoms. The van der Waals surface area contributed by atoms with E-state index in [0.717, 1.165) is 12.0 Å². The van der Waals surface area contributed by atoms with E-state index in [2.05, 4.69) is 19.1 Å². The zero-order chi connectivity index (χ0) is 13.2. The van der Waals surface area contributed by atoms with Gasteiger partial charge >= 0.3 is 0 Å². The van der Waals surface area contributed by atoms with E-state index >= 15 is 0 Å². The lowest BCUT2D eigenvalue weighted by Crippen LogP contribution is -2.46. The Balaban J connectivity index is 1.72. The molecule has 0 aromatic heterocycles. The van der Waals surface area contributed by atoms with Crippen LogP contribution in [-0.4, -0.2) is 17.6 Å². The Labute approximate surface area is 113 Å². The van der Waals surface area contributed by atoms with E-state index in [-0.39, 0.29) is 11.8 Å². The smallest absolute Gasteiger partial charge is 0.253 e. The fourth-order valence-electron chi connectivity index (χ4n) is 2.91. The van der Waals surface area contributed by atoms with Crippen LogP contribution in [0.4, 0.5) is 0 Å². The van der Waals surface area contributed by atoms with Crippen LogP contribution in [0.3, 0.4) is 0 Å². The summed E-state index contributed by atoms with van der Waals surface area (Å²) in [7, 11) is 0. The van der Waals surface area contributed by atoms with E-state index in [0.29, 0.717) is 25.0 Å². The van der Waals surface area contributed by atoms with Gasteiger partial charge in [0.25, 0.3) is 5.91 Å². The quantitative estimate of drug-likeness (QED) is 0.762. The van der Waals surface area contributed by atoms with Crippen LogP contribution >= 0.6 is 0 Å². The molecule has 1 amide bonds. The van der Waals surface area contributed by atoms with Gasteiger partial charge in [-0.3, -0.25) is 9.63 Å². The van der Waals surface area contributed by atoms with Gasteiger partial charge in [0.05, 0.1) is 19.1 Å². The van der Waals surface area contributed by atoms with Crippen LogP contribution in [0.5, 0.6) is 0 Å². The van der Waals surface area contributed by atoms with Crippen molar-refractivity contribution in [3.05, 3.63) is 48.0 Å². The van der Waals surface area contributed by atoms with Gasteiger partial charge in [-0.2, -0.15) is 0 Å². The molecule has 0 N–H and O–H groups in total. The van der Waals surface area contributed by atoms with E-state index in [4.69, 9.17) is 4.84 Å². The lowest BCUT2D eigenvalue weighted by molar-refractivity contribution is -0.219. The number of rotatable bonds is 2. The van der Waals surface area contributed by atoms with Crippen molar-refractivity contribution in [3.63, 3.8) is 0 Å². The Morgan fingerprint density at radius 1 is 1.26 bits per heavy atom. The summed E-state index contributed by atoms with van der Waals surface area (Å²) in [6, 6.07) is 9.97. The molecule has 3 atom stereocenters. The van der Waals surface area contributed by atoms with Crippen molar-refractivity contribution in [3.8, 4) is 0 Å². The third kappa shape index (κ3) is 2.56. The third-order valence-corrected chi connectivity index (χ3v) is 3.97. The number of hydrogen-bond donors (Lipinski definition) is 0. The minimum Gasteiger partial charge on any atom is -0.272 e. The van der Waals surface area contributed by atoms with Gasteiger partial charge in [0.15, 0.2) is 0 Å². The Kier molecular flexibility index (Phi) is 3.38. The van der Waals surface area contributed by atoms with Crippen LogP contribution in [0.15, 0.2) is 42.5 Å². The van der Waals surface area contributed by atoms with Crippen LogP contribution in [0, 0.1) is 17.8 Å². The second-order valence-corrected chi connectivity index (χ2v) is 5.54. The summed E-state index contributed by atoms with van der Waals surface area (Å²) in [5.74, 6) is 1.01. The monoisotopic (exact) mass is 257 g/mol. The molecule has 0 spiro atoms. The maximum Gasteiger partial charge on any atom is 0.253 e. The summed E-state index contributed by atoms with van der Waals surface area (Å²) in [4.78, 5) is 18.1. The molecule has 100 valence electrons. The molecule has 3 nitrogen and oxygen atoms in total. The molecule has 1 heterocycles. The van der Waals surface area contributed by atoms with Gasteiger partial charge in [0.1, 0.15) is 0 Å². The van der Waals surface area contributed by atoms with Crippen LogP contribution in [0.25, 0.3) is 0 Å². The highest BCUT2D eigenvalue weighted by atomic mass is 16.7. The number of benzene rings is 1. The van der Waals surface area contributed by atoms with Crippen LogP contribution < -0.4 is 0 Å². The van der Waals surface area contributed by atoms with Gasteiger partial charge < -0.3 is 0 Å².